The van der Waals surface area contributed by atoms with Crippen molar-refractivity contribution in [2.75, 3.05) is 33.9 Å². The van der Waals surface area contributed by atoms with Crippen molar-refractivity contribution >= 4 is 38.9 Å². The first-order valence-corrected chi connectivity index (χ1v) is 10.9. The molecule has 1 aliphatic rings. The summed E-state index contributed by atoms with van der Waals surface area (Å²) in [5.74, 6) is -1.09. The van der Waals surface area contributed by atoms with Gasteiger partial charge < -0.3 is 10.2 Å². The lowest BCUT2D eigenvalue weighted by Gasteiger charge is -2.22. The highest BCUT2D eigenvalue weighted by molar-refractivity contribution is 7.92. The molecule has 0 aliphatic carbocycles. The van der Waals surface area contributed by atoms with Crippen LogP contribution in [0.1, 0.15) is 18.4 Å². The largest absolute Gasteiger partial charge is 0.325 e. The normalized spacial score (nSPS) is 14.2. The van der Waals surface area contributed by atoms with E-state index in [0.29, 0.717) is 18.7 Å². The molecule has 9 heteroatoms. The van der Waals surface area contributed by atoms with Gasteiger partial charge >= 0.3 is 0 Å². The molecule has 0 saturated carbocycles. The molecule has 0 aromatic heterocycles. The summed E-state index contributed by atoms with van der Waals surface area (Å²) in [5, 5.41) is 2.66. The molecule has 2 aromatic carbocycles. The Morgan fingerprint density at radius 2 is 2.00 bits per heavy atom. The second kappa shape index (κ2) is 8.20. The zero-order chi connectivity index (χ0) is 21.2. The Labute approximate surface area is 169 Å². The van der Waals surface area contributed by atoms with Gasteiger partial charge in [0.25, 0.3) is 0 Å². The number of amides is 2. The van der Waals surface area contributed by atoms with Crippen molar-refractivity contribution < 1.29 is 22.4 Å². The third kappa shape index (κ3) is 4.92. The van der Waals surface area contributed by atoms with Gasteiger partial charge in [0.05, 0.1) is 11.9 Å². The maximum absolute atomic E-state index is 13.5. The standard InChI is InChI=1S/C20H22FN3O4S/c1-14-11-16(8-9-18(14)23-10-4-7-20(23)26)22-19(25)13-24(29(2,27)28)17-6-3-5-15(21)12-17/h3,5-6,8-9,11-12H,4,7,10,13H2,1-2H3,(H,22,25). The fraction of sp³-hybridized carbons (Fsp3) is 0.300. The van der Waals surface area contributed by atoms with Crippen LogP contribution in [0.25, 0.3) is 0 Å². The smallest absolute Gasteiger partial charge is 0.245 e. The number of carbonyl (C=O) groups excluding carboxylic acids is 2. The molecule has 3 rings (SSSR count). The van der Waals surface area contributed by atoms with E-state index >= 15 is 0 Å². The number of anilines is 3. The molecule has 154 valence electrons. The van der Waals surface area contributed by atoms with Crippen molar-refractivity contribution in [2.45, 2.75) is 19.8 Å². The molecule has 1 N–H and O–H groups in total. The van der Waals surface area contributed by atoms with Crippen molar-refractivity contribution in [3.63, 3.8) is 0 Å². The Bertz CT molecular complexity index is 1060. The molecular weight excluding hydrogens is 397 g/mol. The molecule has 2 aromatic rings. The quantitative estimate of drug-likeness (QED) is 0.780. The number of benzene rings is 2. The summed E-state index contributed by atoms with van der Waals surface area (Å²) >= 11 is 0. The van der Waals surface area contributed by atoms with Crippen LogP contribution in [0.2, 0.25) is 0 Å². The number of halogens is 1. The second-order valence-electron chi connectivity index (χ2n) is 6.95. The van der Waals surface area contributed by atoms with Gasteiger partial charge in [0.1, 0.15) is 12.4 Å². The van der Waals surface area contributed by atoms with Crippen LogP contribution in [-0.4, -0.2) is 39.6 Å². The van der Waals surface area contributed by atoms with Gasteiger partial charge in [-0.3, -0.25) is 13.9 Å². The summed E-state index contributed by atoms with van der Waals surface area (Å²) in [6.45, 7) is 2.02. The molecule has 1 fully saturated rings. The number of hydrogen-bond donors (Lipinski definition) is 1. The Hall–Kier alpha value is -2.94. The SMILES string of the molecule is Cc1cc(NC(=O)CN(c2cccc(F)c2)S(C)(=O)=O)ccc1N1CCCC1=O. The number of sulfonamides is 1. The van der Waals surface area contributed by atoms with E-state index in [1.165, 1.54) is 18.2 Å². The van der Waals surface area contributed by atoms with E-state index in [-0.39, 0.29) is 11.6 Å². The maximum atomic E-state index is 13.5. The molecule has 0 unspecified atom stereocenters. The van der Waals surface area contributed by atoms with Crippen LogP contribution in [-0.2, 0) is 19.6 Å². The Balaban J connectivity index is 1.75. The summed E-state index contributed by atoms with van der Waals surface area (Å²) in [6.07, 6.45) is 2.30. The first kappa shape index (κ1) is 20.8. The molecular formula is C20H22FN3O4S. The van der Waals surface area contributed by atoms with Crippen LogP contribution in [0, 0.1) is 12.7 Å². The Morgan fingerprint density at radius 3 is 2.59 bits per heavy atom. The van der Waals surface area contributed by atoms with Gasteiger partial charge in [-0.1, -0.05) is 6.07 Å². The molecule has 29 heavy (non-hydrogen) atoms. The number of aryl methyl sites for hydroxylation is 1. The van der Waals surface area contributed by atoms with Crippen molar-refractivity contribution in [3.05, 3.63) is 53.8 Å². The third-order valence-corrected chi connectivity index (χ3v) is 5.77. The molecule has 0 bridgehead atoms. The van der Waals surface area contributed by atoms with Crippen molar-refractivity contribution in [3.8, 4) is 0 Å². The third-order valence-electron chi connectivity index (χ3n) is 4.63. The van der Waals surface area contributed by atoms with E-state index in [1.54, 1.807) is 23.1 Å². The molecule has 0 radical (unpaired) electrons. The maximum Gasteiger partial charge on any atom is 0.245 e. The van der Waals surface area contributed by atoms with Crippen LogP contribution in [0.4, 0.5) is 21.5 Å². The van der Waals surface area contributed by atoms with E-state index in [0.717, 1.165) is 34.3 Å². The predicted molar refractivity (Wildman–Crippen MR) is 110 cm³/mol. The average molecular weight is 419 g/mol. The summed E-state index contributed by atoms with van der Waals surface area (Å²) in [4.78, 5) is 26.1. The van der Waals surface area contributed by atoms with Crippen molar-refractivity contribution in [1.29, 1.82) is 0 Å². The lowest BCUT2D eigenvalue weighted by molar-refractivity contribution is -0.117. The van der Waals surface area contributed by atoms with Crippen LogP contribution in [0.5, 0.6) is 0 Å². The van der Waals surface area contributed by atoms with Gasteiger partial charge in [0.15, 0.2) is 0 Å². The van der Waals surface area contributed by atoms with E-state index < -0.39 is 28.3 Å². The summed E-state index contributed by atoms with van der Waals surface area (Å²) in [5.41, 5.74) is 2.17. The number of nitrogens with one attached hydrogen (secondary N) is 1. The van der Waals surface area contributed by atoms with E-state index in [9.17, 15) is 22.4 Å². The van der Waals surface area contributed by atoms with Gasteiger partial charge in [-0.05, 0) is 55.3 Å². The topological polar surface area (TPSA) is 86.8 Å². The summed E-state index contributed by atoms with van der Waals surface area (Å²) in [6, 6.07) is 10.2. The zero-order valence-electron chi connectivity index (χ0n) is 16.2. The predicted octanol–water partition coefficient (Wildman–Crippen LogP) is 2.67. The Morgan fingerprint density at radius 1 is 1.24 bits per heavy atom. The zero-order valence-corrected chi connectivity index (χ0v) is 17.0. The van der Waals surface area contributed by atoms with E-state index in [4.69, 9.17) is 0 Å². The van der Waals surface area contributed by atoms with Gasteiger partial charge in [-0.25, -0.2) is 12.8 Å². The fourth-order valence-corrected chi connectivity index (χ4v) is 4.15. The second-order valence-corrected chi connectivity index (χ2v) is 8.85. The van der Waals surface area contributed by atoms with Crippen LogP contribution < -0.4 is 14.5 Å². The minimum Gasteiger partial charge on any atom is -0.325 e. The monoisotopic (exact) mass is 419 g/mol. The molecule has 0 spiro atoms. The fourth-order valence-electron chi connectivity index (χ4n) is 3.30. The summed E-state index contributed by atoms with van der Waals surface area (Å²) < 4.78 is 38.5. The average Bonchev–Trinajstić information content (AvgIpc) is 3.04. The minimum atomic E-state index is -3.79. The van der Waals surface area contributed by atoms with Crippen LogP contribution in [0.15, 0.2) is 42.5 Å². The van der Waals surface area contributed by atoms with Crippen LogP contribution >= 0.6 is 0 Å². The first-order valence-electron chi connectivity index (χ1n) is 9.09. The Kier molecular flexibility index (Phi) is 5.88. The first-order chi connectivity index (χ1) is 13.6. The number of rotatable bonds is 6. The summed E-state index contributed by atoms with van der Waals surface area (Å²) in [7, 11) is -3.79. The molecule has 0 atom stereocenters. The highest BCUT2D eigenvalue weighted by Crippen LogP contribution is 2.27. The number of carbonyl (C=O) groups is 2. The highest BCUT2D eigenvalue weighted by atomic mass is 32.2. The molecule has 7 nitrogen and oxygen atoms in total. The van der Waals surface area contributed by atoms with E-state index in [1.807, 2.05) is 6.92 Å². The molecule has 1 aliphatic heterocycles. The molecule has 1 heterocycles. The number of nitrogens with zero attached hydrogens (tertiary/aromatic N) is 2. The van der Waals surface area contributed by atoms with E-state index in [2.05, 4.69) is 5.32 Å². The molecule has 2 amide bonds. The van der Waals surface area contributed by atoms with Gasteiger partial charge in [-0.2, -0.15) is 0 Å². The highest BCUT2D eigenvalue weighted by Gasteiger charge is 2.24. The van der Waals surface area contributed by atoms with Gasteiger partial charge in [0, 0.05) is 24.3 Å². The minimum absolute atomic E-state index is 0.0710. The molecule has 1 saturated heterocycles. The lowest BCUT2D eigenvalue weighted by Crippen LogP contribution is -2.37. The van der Waals surface area contributed by atoms with Gasteiger partial charge in [-0.15, -0.1) is 0 Å². The van der Waals surface area contributed by atoms with Crippen molar-refractivity contribution in [1.82, 2.24) is 0 Å². The van der Waals surface area contributed by atoms with Crippen LogP contribution in [0.3, 0.4) is 0 Å². The lowest BCUT2D eigenvalue weighted by atomic mass is 10.1. The van der Waals surface area contributed by atoms with Crippen molar-refractivity contribution in [2.24, 2.45) is 0 Å². The number of hydrogen-bond acceptors (Lipinski definition) is 4. The van der Waals surface area contributed by atoms with Gasteiger partial charge in [0.2, 0.25) is 21.8 Å².